The number of nitrogens with one attached hydrogen (secondary N) is 2. The van der Waals surface area contributed by atoms with E-state index in [0.29, 0.717) is 17.7 Å². The van der Waals surface area contributed by atoms with Crippen LogP contribution in [0, 0.1) is 0 Å². The first-order chi connectivity index (χ1) is 12.5. The number of rotatable bonds is 10. The lowest BCUT2D eigenvalue weighted by atomic mass is 10.2. The minimum absolute atomic E-state index is 0.0668. The lowest BCUT2D eigenvalue weighted by molar-refractivity contribution is -0.124. The van der Waals surface area contributed by atoms with Crippen LogP contribution in [0.2, 0.25) is 0 Å². The highest BCUT2D eigenvalue weighted by molar-refractivity contribution is 6.25. The van der Waals surface area contributed by atoms with Crippen molar-refractivity contribution in [1.29, 1.82) is 0 Å². The molecular formula is C17H18ClFN4O3. The van der Waals surface area contributed by atoms with Crippen LogP contribution >= 0.6 is 11.6 Å². The van der Waals surface area contributed by atoms with Crippen LogP contribution < -0.4 is 10.6 Å². The molecule has 0 saturated heterocycles. The summed E-state index contributed by atoms with van der Waals surface area (Å²) in [7, 11) is 0. The van der Waals surface area contributed by atoms with E-state index in [1.165, 1.54) is 24.5 Å². The van der Waals surface area contributed by atoms with E-state index < -0.39 is 11.7 Å². The fourth-order valence-corrected chi connectivity index (χ4v) is 1.66. The van der Waals surface area contributed by atoms with E-state index in [-0.39, 0.29) is 24.8 Å². The number of carbonyl (C=O) groups is 2. The normalized spacial score (nSPS) is 11.5. The Bertz CT molecular complexity index is 720. The van der Waals surface area contributed by atoms with Crippen molar-refractivity contribution < 1.29 is 18.7 Å². The molecule has 0 fully saturated rings. The summed E-state index contributed by atoms with van der Waals surface area (Å²) in [6, 6.07) is 1.52. The summed E-state index contributed by atoms with van der Waals surface area (Å²) in [6.45, 7) is 7.07. The number of amides is 2. The molecule has 138 valence electrons. The second kappa shape index (κ2) is 11.5. The molecule has 7 nitrogen and oxygen atoms in total. The van der Waals surface area contributed by atoms with Crippen molar-refractivity contribution in [3.05, 3.63) is 72.2 Å². The molecule has 0 unspecified atom stereocenters. The molecule has 0 aliphatic carbocycles. The van der Waals surface area contributed by atoms with Crippen LogP contribution in [0.3, 0.4) is 0 Å². The SMILES string of the molecule is C=C/C(=C\C(F)=C\Cl)OCC(=O)NCCC(=C)NC(=O)c1ccnnc1. The molecule has 26 heavy (non-hydrogen) atoms. The van der Waals surface area contributed by atoms with Gasteiger partial charge >= 0.3 is 0 Å². The third-order valence-corrected chi connectivity index (χ3v) is 3.05. The zero-order valence-electron chi connectivity index (χ0n) is 13.9. The van der Waals surface area contributed by atoms with Gasteiger partial charge in [-0.1, -0.05) is 24.8 Å². The Labute approximate surface area is 155 Å². The van der Waals surface area contributed by atoms with Gasteiger partial charge in [-0.15, -0.1) is 0 Å². The van der Waals surface area contributed by atoms with Gasteiger partial charge in [-0.25, -0.2) is 4.39 Å². The zero-order chi connectivity index (χ0) is 19.4. The van der Waals surface area contributed by atoms with E-state index >= 15 is 0 Å². The summed E-state index contributed by atoms with van der Waals surface area (Å²) in [5.41, 5.74) is 1.50. The van der Waals surface area contributed by atoms with Gasteiger partial charge in [0.05, 0.1) is 18.0 Å². The number of ether oxygens (including phenoxy) is 1. The van der Waals surface area contributed by atoms with Crippen molar-refractivity contribution in [3.8, 4) is 0 Å². The van der Waals surface area contributed by atoms with Gasteiger partial charge in [0.15, 0.2) is 6.61 Å². The molecule has 1 heterocycles. The van der Waals surface area contributed by atoms with Crippen LogP contribution in [0.4, 0.5) is 4.39 Å². The second-order valence-electron chi connectivity index (χ2n) is 4.82. The van der Waals surface area contributed by atoms with E-state index in [4.69, 9.17) is 16.3 Å². The molecule has 0 bridgehead atoms. The van der Waals surface area contributed by atoms with Crippen molar-refractivity contribution in [2.75, 3.05) is 13.2 Å². The van der Waals surface area contributed by atoms with Gasteiger partial charge in [-0.2, -0.15) is 10.2 Å². The van der Waals surface area contributed by atoms with E-state index in [1.54, 1.807) is 0 Å². The van der Waals surface area contributed by atoms with Crippen LogP contribution in [-0.2, 0) is 9.53 Å². The van der Waals surface area contributed by atoms with E-state index in [1.807, 2.05) is 0 Å². The van der Waals surface area contributed by atoms with Crippen molar-refractivity contribution in [1.82, 2.24) is 20.8 Å². The van der Waals surface area contributed by atoms with Gasteiger partial charge in [-0.05, 0) is 12.1 Å². The van der Waals surface area contributed by atoms with E-state index in [0.717, 1.165) is 11.6 Å². The first-order valence-electron chi connectivity index (χ1n) is 7.41. The van der Waals surface area contributed by atoms with Gasteiger partial charge in [0, 0.05) is 30.3 Å². The fraction of sp³-hybridized carbons (Fsp3) is 0.176. The first kappa shape index (κ1) is 21.0. The first-order valence-corrected chi connectivity index (χ1v) is 7.85. The van der Waals surface area contributed by atoms with Gasteiger partial charge in [0.2, 0.25) is 0 Å². The Kier molecular flexibility index (Phi) is 9.34. The van der Waals surface area contributed by atoms with Crippen LogP contribution in [0.15, 0.2) is 66.6 Å². The molecule has 9 heteroatoms. The quantitative estimate of drug-likeness (QED) is 0.480. The molecule has 1 rings (SSSR count). The van der Waals surface area contributed by atoms with Gasteiger partial charge < -0.3 is 15.4 Å². The van der Waals surface area contributed by atoms with Gasteiger partial charge in [-0.3, -0.25) is 9.59 Å². The number of hydrogen-bond acceptors (Lipinski definition) is 5. The minimum atomic E-state index is -0.724. The number of aromatic nitrogens is 2. The summed E-state index contributed by atoms with van der Waals surface area (Å²) >= 11 is 5.19. The number of carbonyl (C=O) groups excluding carboxylic acids is 2. The summed E-state index contributed by atoms with van der Waals surface area (Å²) in [5.74, 6) is -1.45. The Morgan fingerprint density at radius 2 is 2.15 bits per heavy atom. The smallest absolute Gasteiger partial charge is 0.257 e. The Hall–Kier alpha value is -3.00. The minimum Gasteiger partial charge on any atom is -0.484 e. The van der Waals surface area contributed by atoms with Crippen LogP contribution in [0.5, 0.6) is 0 Å². The average Bonchev–Trinajstić information content (AvgIpc) is 2.65. The highest BCUT2D eigenvalue weighted by atomic mass is 35.5. The molecule has 1 aromatic rings. The number of hydrogen-bond donors (Lipinski definition) is 2. The van der Waals surface area contributed by atoms with Crippen LogP contribution in [0.1, 0.15) is 16.8 Å². The summed E-state index contributed by atoms with van der Waals surface area (Å²) in [5, 5.41) is 12.4. The molecule has 0 saturated carbocycles. The fourth-order valence-electron chi connectivity index (χ4n) is 1.60. The molecule has 0 atom stereocenters. The molecule has 0 aliphatic rings. The molecular weight excluding hydrogens is 363 g/mol. The Balaban J connectivity index is 2.30. The van der Waals surface area contributed by atoms with Crippen LogP contribution in [-0.4, -0.2) is 35.2 Å². The predicted octanol–water partition coefficient (Wildman–Crippen LogP) is 2.36. The molecule has 0 radical (unpaired) electrons. The van der Waals surface area contributed by atoms with Crippen molar-refractivity contribution in [2.24, 2.45) is 0 Å². The molecule has 2 N–H and O–H groups in total. The largest absolute Gasteiger partial charge is 0.484 e. The topological polar surface area (TPSA) is 93.2 Å². The maximum Gasteiger partial charge on any atom is 0.257 e. The Morgan fingerprint density at radius 3 is 2.77 bits per heavy atom. The molecule has 0 aromatic carbocycles. The van der Waals surface area contributed by atoms with Gasteiger partial charge in [0.1, 0.15) is 11.6 Å². The van der Waals surface area contributed by atoms with Crippen LogP contribution in [0.25, 0.3) is 0 Å². The van der Waals surface area contributed by atoms with Crippen molar-refractivity contribution in [3.63, 3.8) is 0 Å². The highest BCUT2D eigenvalue weighted by Crippen LogP contribution is 2.07. The zero-order valence-corrected chi connectivity index (χ0v) is 14.6. The highest BCUT2D eigenvalue weighted by Gasteiger charge is 2.08. The molecule has 1 aromatic heterocycles. The monoisotopic (exact) mass is 380 g/mol. The molecule has 0 aliphatic heterocycles. The Morgan fingerprint density at radius 1 is 1.38 bits per heavy atom. The van der Waals surface area contributed by atoms with E-state index in [2.05, 4.69) is 34.0 Å². The summed E-state index contributed by atoms with van der Waals surface area (Å²) in [6.07, 6.45) is 5.30. The standard InChI is InChI=1S/C17H18ClFN4O3/c1-3-15(8-14(19)9-18)26-11-16(24)20-6-4-12(2)23-17(25)13-5-7-21-22-10-13/h3,5,7-10H,1-2,4,6,11H2,(H,20,24)(H,23,25)/b14-9-,15-8+. The average molecular weight is 381 g/mol. The number of nitrogens with zero attached hydrogens (tertiary/aromatic N) is 2. The predicted molar refractivity (Wildman–Crippen MR) is 95.5 cm³/mol. The van der Waals surface area contributed by atoms with Crippen molar-refractivity contribution in [2.45, 2.75) is 6.42 Å². The summed E-state index contributed by atoms with van der Waals surface area (Å²) in [4.78, 5) is 23.5. The van der Waals surface area contributed by atoms with Gasteiger partial charge in [0.25, 0.3) is 11.8 Å². The van der Waals surface area contributed by atoms with E-state index in [9.17, 15) is 14.0 Å². The number of allylic oxidation sites excluding steroid dienone is 3. The molecule has 0 spiro atoms. The third kappa shape index (κ3) is 8.20. The second-order valence-corrected chi connectivity index (χ2v) is 5.04. The maximum atomic E-state index is 13.0. The maximum absolute atomic E-state index is 13.0. The van der Waals surface area contributed by atoms with Crippen molar-refractivity contribution >= 4 is 23.4 Å². The lowest BCUT2D eigenvalue weighted by Crippen LogP contribution is -2.30. The molecule has 2 amide bonds. The number of halogens is 2. The third-order valence-electron chi connectivity index (χ3n) is 2.84. The summed E-state index contributed by atoms with van der Waals surface area (Å²) < 4.78 is 18.1. The lowest BCUT2D eigenvalue weighted by Gasteiger charge is -2.10.